The molecule has 0 radical (unpaired) electrons. The van der Waals surface area contributed by atoms with Crippen LogP contribution in [-0.2, 0) is 11.2 Å². The maximum atomic E-state index is 13.2. The number of aryl methyl sites for hydroxylation is 2. The summed E-state index contributed by atoms with van der Waals surface area (Å²) in [4.78, 5) is 23.6. The van der Waals surface area contributed by atoms with Crippen LogP contribution in [-0.4, -0.2) is 23.0 Å². The molecular weight excluding hydrogens is 316 g/mol. The van der Waals surface area contributed by atoms with Crippen molar-refractivity contribution in [3.63, 3.8) is 0 Å². The normalized spacial score (nSPS) is 11.8. The average molecular weight is 333 g/mol. The molecule has 1 amide bonds. The first-order chi connectivity index (χ1) is 11.3. The molecule has 0 aliphatic rings. The van der Waals surface area contributed by atoms with E-state index < -0.39 is 29.6 Å². The standard InChI is InChI=1S/C18H17F2NO3/c1-10-4-3-5-11(2)13(10)9-16(18(23)24)21-17(22)12-6-7-14(19)15(20)8-12/h3-8,16H,9H2,1-2H3,(H,21,22)(H,23,24)/t16-/m1/s1. The second kappa shape index (κ2) is 7.21. The third-order valence-electron chi connectivity index (χ3n) is 3.84. The van der Waals surface area contributed by atoms with Crippen LogP contribution in [0.15, 0.2) is 36.4 Å². The zero-order chi connectivity index (χ0) is 17.9. The molecule has 4 nitrogen and oxygen atoms in total. The summed E-state index contributed by atoms with van der Waals surface area (Å²) in [5.41, 5.74) is 2.53. The first-order valence-electron chi connectivity index (χ1n) is 7.33. The third kappa shape index (κ3) is 3.95. The molecule has 0 saturated carbocycles. The van der Waals surface area contributed by atoms with Crippen LogP contribution in [0.2, 0.25) is 0 Å². The Balaban J connectivity index is 2.21. The Morgan fingerprint density at radius 3 is 2.25 bits per heavy atom. The minimum absolute atomic E-state index is 0.100. The largest absolute Gasteiger partial charge is 0.480 e. The first kappa shape index (κ1) is 17.6. The van der Waals surface area contributed by atoms with Gasteiger partial charge in [0.15, 0.2) is 11.6 Å². The molecule has 0 aliphatic heterocycles. The van der Waals surface area contributed by atoms with Crippen molar-refractivity contribution < 1.29 is 23.5 Å². The Morgan fingerprint density at radius 2 is 1.71 bits per heavy atom. The van der Waals surface area contributed by atoms with Crippen molar-refractivity contribution in [3.8, 4) is 0 Å². The van der Waals surface area contributed by atoms with Gasteiger partial charge in [-0.25, -0.2) is 13.6 Å². The maximum absolute atomic E-state index is 13.2. The molecule has 2 N–H and O–H groups in total. The number of rotatable bonds is 5. The van der Waals surface area contributed by atoms with Gasteiger partial charge in [0.05, 0.1) is 0 Å². The molecule has 0 saturated heterocycles. The minimum Gasteiger partial charge on any atom is -0.480 e. The fourth-order valence-corrected chi connectivity index (χ4v) is 2.45. The highest BCUT2D eigenvalue weighted by Crippen LogP contribution is 2.16. The van der Waals surface area contributed by atoms with Gasteiger partial charge >= 0.3 is 5.97 Å². The van der Waals surface area contributed by atoms with Crippen LogP contribution >= 0.6 is 0 Å². The Bertz CT molecular complexity index is 770. The van der Waals surface area contributed by atoms with Crippen molar-refractivity contribution in [2.75, 3.05) is 0 Å². The fraction of sp³-hybridized carbons (Fsp3) is 0.222. The summed E-state index contributed by atoms with van der Waals surface area (Å²) in [5.74, 6) is -4.21. The molecule has 0 spiro atoms. The van der Waals surface area contributed by atoms with E-state index in [-0.39, 0.29) is 12.0 Å². The van der Waals surface area contributed by atoms with Crippen molar-refractivity contribution >= 4 is 11.9 Å². The number of aliphatic carboxylic acids is 1. The van der Waals surface area contributed by atoms with Crippen LogP contribution in [0.5, 0.6) is 0 Å². The Morgan fingerprint density at radius 1 is 1.08 bits per heavy atom. The topological polar surface area (TPSA) is 66.4 Å². The van der Waals surface area contributed by atoms with Crippen LogP contribution in [0.25, 0.3) is 0 Å². The molecule has 0 aliphatic carbocycles. The monoisotopic (exact) mass is 333 g/mol. The van der Waals surface area contributed by atoms with Crippen molar-refractivity contribution in [1.82, 2.24) is 5.32 Å². The highest BCUT2D eigenvalue weighted by molar-refractivity contribution is 5.96. The number of carboxylic acids is 1. The second-order valence-electron chi connectivity index (χ2n) is 5.57. The summed E-state index contributed by atoms with van der Waals surface area (Å²) in [7, 11) is 0. The minimum atomic E-state index is -1.20. The molecule has 1 atom stereocenters. The van der Waals surface area contributed by atoms with Gasteiger partial charge in [0.2, 0.25) is 0 Å². The lowest BCUT2D eigenvalue weighted by Gasteiger charge is -2.17. The van der Waals surface area contributed by atoms with Gasteiger partial charge in [0, 0.05) is 12.0 Å². The van der Waals surface area contributed by atoms with E-state index in [1.807, 2.05) is 32.0 Å². The molecule has 0 heterocycles. The van der Waals surface area contributed by atoms with E-state index in [9.17, 15) is 23.5 Å². The van der Waals surface area contributed by atoms with Gasteiger partial charge in [-0.15, -0.1) is 0 Å². The number of benzene rings is 2. The zero-order valence-corrected chi connectivity index (χ0v) is 13.3. The van der Waals surface area contributed by atoms with Crippen LogP contribution in [0.4, 0.5) is 8.78 Å². The molecule has 24 heavy (non-hydrogen) atoms. The number of hydrogen-bond donors (Lipinski definition) is 2. The molecule has 126 valence electrons. The fourth-order valence-electron chi connectivity index (χ4n) is 2.45. The van der Waals surface area contributed by atoms with Crippen molar-refractivity contribution in [1.29, 1.82) is 0 Å². The summed E-state index contributed by atoms with van der Waals surface area (Å²) in [6.45, 7) is 3.72. The molecule has 2 rings (SSSR count). The summed E-state index contributed by atoms with van der Waals surface area (Å²) >= 11 is 0. The Hall–Kier alpha value is -2.76. The number of hydrogen-bond acceptors (Lipinski definition) is 2. The van der Waals surface area contributed by atoms with E-state index in [4.69, 9.17) is 0 Å². The Labute approximate surface area is 138 Å². The van der Waals surface area contributed by atoms with Gasteiger partial charge in [-0.3, -0.25) is 4.79 Å². The van der Waals surface area contributed by atoms with Crippen molar-refractivity contribution in [2.24, 2.45) is 0 Å². The molecule has 0 aromatic heterocycles. The first-order valence-corrected chi connectivity index (χ1v) is 7.33. The van der Waals surface area contributed by atoms with Gasteiger partial charge in [-0.05, 0) is 48.7 Å². The van der Waals surface area contributed by atoms with Gasteiger partial charge in [0.1, 0.15) is 6.04 Å². The van der Waals surface area contributed by atoms with Crippen LogP contribution in [0.3, 0.4) is 0 Å². The lowest BCUT2D eigenvalue weighted by molar-refractivity contribution is -0.139. The number of carboxylic acid groups (broad SMARTS) is 1. The summed E-state index contributed by atoms with van der Waals surface area (Å²) < 4.78 is 26.1. The number of carbonyl (C=O) groups is 2. The summed E-state index contributed by atoms with van der Waals surface area (Å²) in [5, 5.41) is 11.7. The highest BCUT2D eigenvalue weighted by Gasteiger charge is 2.23. The van der Waals surface area contributed by atoms with Gasteiger partial charge in [-0.1, -0.05) is 18.2 Å². The SMILES string of the molecule is Cc1cccc(C)c1C[C@@H](NC(=O)c1ccc(F)c(F)c1)C(=O)O. The zero-order valence-electron chi connectivity index (χ0n) is 13.3. The predicted molar refractivity (Wildman–Crippen MR) is 84.9 cm³/mol. The highest BCUT2D eigenvalue weighted by atomic mass is 19.2. The van der Waals surface area contributed by atoms with Crippen LogP contribution < -0.4 is 5.32 Å². The van der Waals surface area contributed by atoms with Crippen molar-refractivity contribution in [2.45, 2.75) is 26.3 Å². The van der Waals surface area contributed by atoms with E-state index in [2.05, 4.69) is 5.32 Å². The van der Waals surface area contributed by atoms with E-state index in [1.165, 1.54) is 0 Å². The van der Waals surface area contributed by atoms with Gasteiger partial charge in [-0.2, -0.15) is 0 Å². The van der Waals surface area contributed by atoms with Crippen molar-refractivity contribution in [3.05, 3.63) is 70.3 Å². The van der Waals surface area contributed by atoms with Gasteiger partial charge < -0.3 is 10.4 Å². The number of amides is 1. The molecule has 2 aromatic rings. The number of nitrogens with one attached hydrogen (secondary N) is 1. The molecule has 0 fully saturated rings. The summed E-state index contributed by atoms with van der Waals surface area (Å²) in [6.07, 6.45) is 0.100. The number of carbonyl (C=O) groups excluding carboxylic acids is 1. The average Bonchev–Trinajstić information content (AvgIpc) is 2.52. The lowest BCUT2D eigenvalue weighted by Crippen LogP contribution is -2.42. The lowest BCUT2D eigenvalue weighted by atomic mass is 9.96. The van der Waals surface area contributed by atoms with Crippen LogP contribution in [0.1, 0.15) is 27.0 Å². The quantitative estimate of drug-likeness (QED) is 0.884. The third-order valence-corrected chi connectivity index (χ3v) is 3.84. The van der Waals surface area contributed by atoms with E-state index in [0.29, 0.717) is 0 Å². The number of halogens is 2. The van der Waals surface area contributed by atoms with E-state index in [1.54, 1.807) is 0 Å². The summed E-state index contributed by atoms with van der Waals surface area (Å²) in [6, 6.07) is 7.07. The molecule has 0 bridgehead atoms. The molecular formula is C18H17F2NO3. The maximum Gasteiger partial charge on any atom is 0.326 e. The molecule has 6 heteroatoms. The van der Waals surface area contributed by atoms with E-state index >= 15 is 0 Å². The Kier molecular flexibility index (Phi) is 5.28. The predicted octanol–water partition coefficient (Wildman–Crippen LogP) is 3.01. The van der Waals surface area contributed by atoms with E-state index in [0.717, 1.165) is 34.9 Å². The smallest absolute Gasteiger partial charge is 0.326 e. The second-order valence-corrected chi connectivity index (χ2v) is 5.57. The molecule has 0 unspecified atom stereocenters. The molecule has 2 aromatic carbocycles. The van der Waals surface area contributed by atoms with Gasteiger partial charge in [0.25, 0.3) is 5.91 Å². The van der Waals surface area contributed by atoms with Crippen LogP contribution in [0, 0.1) is 25.5 Å².